The number of rotatable bonds is 7. The largest absolute Gasteiger partial charge is 0.444 e. The summed E-state index contributed by atoms with van der Waals surface area (Å²) in [6.45, 7) is 7.82. The number of aliphatic hydroxyl groups excluding tert-OH is 1. The van der Waals surface area contributed by atoms with Crippen LogP contribution in [0.1, 0.15) is 43.5 Å². The Kier molecular flexibility index (Phi) is 9.29. The van der Waals surface area contributed by atoms with Gasteiger partial charge in [0.25, 0.3) is 11.8 Å². The molecule has 0 fully saturated rings. The van der Waals surface area contributed by atoms with Gasteiger partial charge in [-0.2, -0.15) is 0 Å². The van der Waals surface area contributed by atoms with Crippen LogP contribution >= 0.6 is 11.6 Å². The zero-order valence-electron chi connectivity index (χ0n) is 20.4. The van der Waals surface area contributed by atoms with Crippen molar-refractivity contribution in [2.75, 3.05) is 11.9 Å². The number of terminal acetylenes is 1. The van der Waals surface area contributed by atoms with Crippen molar-refractivity contribution >= 4 is 35.2 Å². The van der Waals surface area contributed by atoms with Gasteiger partial charge in [0, 0.05) is 6.04 Å². The molecule has 0 aliphatic heterocycles. The van der Waals surface area contributed by atoms with Gasteiger partial charge in [-0.05, 0) is 51.8 Å². The number of alkyl carbamates (subject to hydrolysis) is 1. The van der Waals surface area contributed by atoms with Gasteiger partial charge < -0.3 is 20.5 Å². The van der Waals surface area contributed by atoms with Gasteiger partial charge in [-0.25, -0.2) is 4.79 Å². The molecule has 9 heteroatoms. The molecule has 2 rings (SSSR count). The maximum Gasteiger partial charge on any atom is 0.408 e. The van der Waals surface area contributed by atoms with E-state index >= 15 is 0 Å². The van der Waals surface area contributed by atoms with E-state index in [0.29, 0.717) is 21.8 Å². The topological polar surface area (TPSA) is 108 Å². The molecule has 0 aliphatic rings. The molecular weight excluding hydrogens is 470 g/mol. The van der Waals surface area contributed by atoms with Crippen molar-refractivity contribution < 1.29 is 24.2 Å². The minimum absolute atomic E-state index is 0.319. The average molecular weight is 500 g/mol. The minimum atomic E-state index is -1.44. The van der Waals surface area contributed by atoms with Gasteiger partial charge in [-0.3, -0.25) is 14.5 Å². The number of para-hydroxylation sites is 1. The Bertz CT molecular complexity index is 1120. The predicted octanol–water partition coefficient (Wildman–Crippen LogP) is 3.94. The van der Waals surface area contributed by atoms with Gasteiger partial charge in [-0.1, -0.05) is 60.0 Å². The summed E-state index contributed by atoms with van der Waals surface area (Å²) >= 11 is 6.28. The summed E-state index contributed by atoms with van der Waals surface area (Å²) in [7, 11) is 0. The van der Waals surface area contributed by atoms with Gasteiger partial charge in [-0.15, -0.1) is 0 Å². The number of ether oxygens (including phenoxy) is 1. The number of aliphatic hydroxyl groups is 1. The Morgan fingerprint density at radius 1 is 1.17 bits per heavy atom. The van der Waals surface area contributed by atoms with Crippen LogP contribution in [0.4, 0.5) is 10.5 Å². The third-order valence-corrected chi connectivity index (χ3v) is 5.20. The van der Waals surface area contributed by atoms with Gasteiger partial charge in [0.15, 0.2) is 0 Å². The van der Waals surface area contributed by atoms with Crippen LogP contribution in [0.15, 0.2) is 42.5 Å². The van der Waals surface area contributed by atoms with Crippen LogP contribution in [-0.4, -0.2) is 46.2 Å². The molecule has 35 heavy (non-hydrogen) atoms. The first kappa shape index (κ1) is 27.7. The van der Waals surface area contributed by atoms with E-state index in [1.54, 1.807) is 64.1 Å². The number of aryl methyl sites for hydroxylation is 2. The number of hydrogen-bond acceptors (Lipinski definition) is 5. The lowest BCUT2D eigenvalue weighted by Crippen LogP contribution is -2.52. The summed E-state index contributed by atoms with van der Waals surface area (Å²) in [5.41, 5.74) is 1.55. The van der Waals surface area contributed by atoms with E-state index in [9.17, 15) is 19.5 Å². The second-order valence-corrected chi connectivity index (χ2v) is 9.36. The molecular formula is C26H30ClN3O5. The summed E-state index contributed by atoms with van der Waals surface area (Å²) in [5.74, 6) is -1.48. The Morgan fingerprint density at radius 3 is 2.37 bits per heavy atom. The summed E-state index contributed by atoms with van der Waals surface area (Å²) in [5, 5.41) is 15.2. The molecule has 2 aromatic rings. The summed E-state index contributed by atoms with van der Waals surface area (Å²) in [6.07, 6.45) is 4.78. The normalized spacial score (nSPS) is 12.6. The van der Waals surface area contributed by atoms with E-state index in [1.807, 2.05) is 13.0 Å². The molecule has 8 nitrogen and oxygen atoms in total. The number of anilines is 1. The van der Waals surface area contributed by atoms with Gasteiger partial charge in [0.2, 0.25) is 0 Å². The zero-order valence-corrected chi connectivity index (χ0v) is 21.1. The van der Waals surface area contributed by atoms with Gasteiger partial charge >= 0.3 is 6.09 Å². The van der Waals surface area contributed by atoms with Crippen LogP contribution in [-0.2, 0) is 14.3 Å². The second kappa shape index (κ2) is 11.7. The number of nitrogens with zero attached hydrogens (tertiary/aromatic N) is 1. The average Bonchev–Trinajstić information content (AvgIpc) is 2.76. The molecule has 0 bridgehead atoms. The maximum absolute atomic E-state index is 13.5. The highest BCUT2D eigenvalue weighted by Crippen LogP contribution is 2.29. The molecule has 186 valence electrons. The second-order valence-electron chi connectivity index (χ2n) is 8.96. The van der Waals surface area contributed by atoms with Gasteiger partial charge in [0.05, 0.1) is 17.3 Å². The van der Waals surface area contributed by atoms with Crippen LogP contribution in [0.2, 0.25) is 5.02 Å². The first-order valence-electron chi connectivity index (χ1n) is 10.9. The molecule has 2 atom stereocenters. The lowest BCUT2D eigenvalue weighted by Gasteiger charge is -2.30. The van der Waals surface area contributed by atoms with Crippen molar-refractivity contribution in [3.63, 3.8) is 0 Å². The highest BCUT2D eigenvalue weighted by molar-refractivity contribution is 6.34. The number of halogens is 1. The van der Waals surface area contributed by atoms with E-state index in [-0.39, 0.29) is 0 Å². The van der Waals surface area contributed by atoms with E-state index in [2.05, 4.69) is 16.7 Å². The standard InChI is InChI=1S/C26H30ClN3O5/c1-7-30(24(33)20(15-31)28-25(34)35-26(4,5)6)22(18-12-8-10-16(2)14-18)23(32)29-21-17(3)11-9-13-19(21)27/h1,8-14,20,22,31H,15H2,2-6H3,(H,28,34)(H,29,32). The van der Waals surface area contributed by atoms with Crippen molar-refractivity contribution in [1.82, 2.24) is 10.2 Å². The highest BCUT2D eigenvalue weighted by Gasteiger charge is 2.36. The summed E-state index contributed by atoms with van der Waals surface area (Å²) in [6, 6.07) is 11.6. The molecule has 0 saturated carbocycles. The maximum atomic E-state index is 13.5. The molecule has 3 amide bonds. The number of hydrogen-bond donors (Lipinski definition) is 3. The first-order valence-corrected chi connectivity index (χ1v) is 11.3. The zero-order chi connectivity index (χ0) is 26.3. The molecule has 2 unspecified atom stereocenters. The van der Waals surface area contributed by atoms with Crippen molar-refractivity contribution in [2.45, 2.75) is 52.3 Å². The summed E-state index contributed by atoms with van der Waals surface area (Å²) in [4.78, 5) is 39.9. The number of carbonyl (C=O) groups is 3. The van der Waals surface area contributed by atoms with Crippen molar-refractivity contribution in [2.24, 2.45) is 0 Å². The van der Waals surface area contributed by atoms with Crippen LogP contribution < -0.4 is 10.6 Å². The molecule has 0 saturated heterocycles. The lowest BCUT2D eigenvalue weighted by molar-refractivity contribution is -0.137. The van der Waals surface area contributed by atoms with Gasteiger partial charge in [0.1, 0.15) is 17.7 Å². The lowest BCUT2D eigenvalue weighted by atomic mass is 10.0. The monoisotopic (exact) mass is 499 g/mol. The smallest absolute Gasteiger partial charge is 0.408 e. The SMILES string of the molecule is C#CN(C(=O)C(CO)NC(=O)OC(C)(C)C)C(C(=O)Nc1c(C)cccc1Cl)c1cccc(C)c1. The van der Waals surface area contributed by atoms with Crippen LogP contribution in [0.3, 0.4) is 0 Å². The molecule has 0 spiro atoms. The quantitative estimate of drug-likeness (QED) is 0.395. The number of nitrogens with one attached hydrogen (secondary N) is 2. The summed E-state index contributed by atoms with van der Waals surface area (Å²) < 4.78 is 5.17. The third-order valence-electron chi connectivity index (χ3n) is 4.88. The molecule has 2 aromatic carbocycles. The Morgan fingerprint density at radius 2 is 1.83 bits per heavy atom. The first-order chi connectivity index (χ1) is 16.4. The number of carbonyl (C=O) groups excluding carboxylic acids is 3. The van der Waals surface area contributed by atoms with Crippen LogP contribution in [0.25, 0.3) is 0 Å². The number of benzene rings is 2. The highest BCUT2D eigenvalue weighted by atomic mass is 35.5. The fourth-order valence-electron chi connectivity index (χ4n) is 3.31. The minimum Gasteiger partial charge on any atom is -0.444 e. The van der Waals surface area contributed by atoms with Crippen molar-refractivity contribution in [1.29, 1.82) is 0 Å². The predicted molar refractivity (Wildman–Crippen MR) is 135 cm³/mol. The van der Waals surface area contributed by atoms with Crippen LogP contribution in [0, 0.1) is 26.3 Å². The van der Waals surface area contributed by atoms with E-state index in [4.69, 9.17) is 22.8 Å². The van der Waals surface area contributed by atoms with E-state index in [0.717, 1.165) is 10.5 Å². The molecule has 0 heterocycles. The third kappa shape index (κ3) is 7.47. The molecule has 0 aromatic heterocycles. The Balaban J connectivity index is 2.45. The van der Waals surface area contributed by atoms with Crippen molar-refractivity contribution in [3.05, 3.63) is 64.2 Å². The molecule has 0 aliphatic carbocycles. The molecule has 0 radical (unpaired) electrons. The Labute approximate surface area is 210 Å². The number of amides is 3. The fourth-order valence-corrected chi connectivity index (χ4v) is 3.58. The van der Waals surface area contributed by atoms with Crippen LogP contribution in [0.5, 0.6) is 0 Å². The Hall–Kier alpha value is -3.54. The van der Waals surface area contributed by atoms with E-state index in [1.165, 1.54) is 0 Å². The van der Waals surface area contributed by atoms with Crippen molar-refractivity contribution in [3.8, 4) is 12.5 Å². The van der Waals surface area contributed by atoms with E-state index < -0.39 is 42.2 Å². The fraction of sp³-hybridized carbons (Fsp3) is 0.346. The molecule has 3 N–H and O–H groups in total.